The number of rotatable bonds is 5. The summed E-state index contributed by atoms with van der Waals surface area (Å²) in [5.74, 6) is 0.230. The Hall–Kier alpha value is -2.85. The number of phenolic OH excluding ortho intramolecular Hbond substituents is 1. The monoisotopic (exact) mass is 317 g/mol. The first-order valence-corrected chi connectivity index (χ1v) is 8.14. The maximum absolute atomic E-state index is 9.91. The van der Waals surface area contributed by atoms with Crippen LogP contribution < -0.4 is 5.32 Å². The summed E-state index contributed by atoms with van der Waals surface area (Å²) in [7, 11) is 0. The summed E-state index contributed by atoms with van der Waals surface area (Å²) in [6.07, 6.45) is 3.04. The maximum atomic E-state index is 9.91. The number of aromatic hydroxyl groups is 1. The van der Waals surface area contributed by atoms with E-state index in [1.54, 1.807) is 6.07 Å². The molecule has 4 rings (SSSR count). The van der Waals surface area contributed by atoms with Gasteiger partial charge in [-0.05, 0) is 36.7 Å². The molecule has 2 heterocycles. The molecule has 0 atom stereocenters. The van der Waals surface area contributed by atoms with Crippen LogP contribution in [0.1, 0.15) is 11.3 Å². The van der Waals surface area contributed by atoms with Gasteiger partial charge in [0.15, 0.2) is 0 Å². The molecule has 0 fully saturated rings. The summed E-state index contributed by atoms with van der Waals surface area (Å²) in [5.41, 5.74) is 4.10. The predicted octanol–water partition coefficient (Wildman–Crippen LogP) is 3.75. The minimum absolute atomic E-state index is 0.230. The van der Waals surface area contributed by atoms with Gasteiger partial charge in [0.1, 0.15) is 11.3 Å². The van der Waals surface area contributed by atoms with E-state index in [1.807, 2.05) is 30.3 Å². The normalized spacial score (nSPS) is 11.3. The third-order valence-electron chi connectivity index (χ3n) is 4.31. The van der Waals surface area contributed by atoms with Gasteiger partial charge < -0.3 is 15.4 Å². The Morgan fingerprint density at radius 2 is 1.92 bits per heavy atom. The fourth-order valence-corrected chi connectivity index (χ4v) is 3.05. The van der Waals surface area contributed by atoms with E-state index < -0.39 is 0 Å². The van der Waals surface area contributed by atoms with Crippen molar-refractivity contribution in [2.45, 2.75) is 13.0 Å². The lowest BCUT2D eigenvalue weighted by atomic mass is 10.1. The summed E-state index contributed by atoms with van der Waals surface area (Å²) in [6.45, 7) is 1.56. The highest BCUT2D eigenvalue weighted by Crippen LogP contribution is 2.22. The van der Waals surface area contributed by atoms with Crippen molar-refractivity contribution in [2.24, 2.45) is 0 Å². The molecule has 4 heteroatoms. The average molecular weight is 317 g/mol. The quantitative estimate of drug-likeness (QED) is 0.491. The molecule has 0 aliphatic carbocycles. The van der Waals surface area contributed by atoms with Gasteiger partial charge in [0.2, 0.25) is 0 Å². The summed E-state index contributed by atoms with van der Waals surface area (Å²) in [6, 6.07) is 17.8. The second-order valence-corrected chi connectivity index (χ2v) is 5.94. The molecule has 0 amide bonds. The summed E-state index contributed by atoms with van der Waals surface area (Å²) in [4.78, 5) is 7.85. The molecule has 0 aliphatic rings. The Kier molecular flexibility index (Phi) is 3.89. The van der Waals surface area contributed by atoms with Crippen molar-refractivity contribution in [3.63, 3.8) is 0 Å². The van der Waals surface area contributed by atoms with Gasteiger partial charge in [0, 0.05) is 29.0 Å². The number of aromatic amines is 1. The Labute approximate surface area is 140 Å². The van der Waals surface area contributed by atoms with Crippen LogP contribution in [-0.2, 0) is 13.0 Å². The summed E-state index contributed by atoms with van der Waals surface area (Å²) in [5, 5.41) is 15.6. The Balaban J connectivity index is 1.40. The molecule has 0 aliphatic heterocycles. The molecule has 0 spiro atoms. The van der Waals surface area contributed by atoms with E-state index >= 15 is 0 Å². The smallest absolute Gasteiger partial charge is 0.141 e. The lowest BCUT2D eigenvalue weighted by molar-refractivity contribution is 0.480. The average Bonchev–Trinajstić information content (AvgIpc) is 3.03. The Morgan fingerprint density at radius 3 is 2.88 bits per heavy atom. The minimum atomic E-state index is 0.230. The van der Waals surface area contributed by atoms with Gasteiger partial charge in [-0.15, -0.1) is 0 Å². The highest BCUT2D eigenvalue weighted by Gasteiger charge is 2.04. The van der Waals surface area contributed by atoms with Crippen LogP contribution >= 0.6 is 0 Å². The molecule has 0 saturated carbocycles. The number of nitrogens with zero attached hydrogens (tertiary/aromatic N) is 1. The summed E-state index contributed by atoms with van der Waals surface area (Å²) >= 11 is 0. The van der Waals surface area contributed by atoms with Gasteiger partial charge in [-0.25, -0.2) is 4.98 Å². The van der Waals surface area contributed by atoms with Crippen molar-refractivity contribution < 1.29 is 5.11 Å². The summed E-state index contributed by atoms with van der Waals surface area (Å²) < 4.78 is 0. The Bertz CT molecular complexity index is 990. The van der Waals surface area contributed by atoms with Crippen LogP contribution in [-0.4, -0.2) is 21.6 Å². The highest BCUT2D eigenvalue weighted by atomic mass is 16.3. The van der Waals surface area contributed by atoms with Crippen LogP contribution in [0, 0.1) is 0 Å². The van der Waals surface area contributed by atoms with E-state index in [2.05, 4.69) is 39.7 Å². The number of fused-ring (bicyclic) bond motifs is 2. The molecule has 120 valence electrons. The third kappa shape index (κ3) is 2.84. The lowest BCUT2D eigenvalue weighted by Crippen LogP contribution is -2.17. The molecule has 4 nitrogen and oxygen atoms in total. The SMILES string of the molecule is Oc1cccc2ccc(CNCCc3c[nH]c4ccccc34)nc12. The van der Waals surface area contributed by atoms with Gasteiger partial charge in [0.25, 0.3) is 0 Å². The topological polar surface area (TPSA) is 60.9 Å². The van der Waals surface area contributed by atoms with E-state index in [0.717, 1.165) is 24.0 Å². The zero-order chi connectivity index (χ0) is 16.4. The second-order valence-electron chi connectivity index (χ2n) is 5.94. The van der Waals surface area contributed by atoms with Crippen LogP contribution in [0.15, 0.2) is 60.8 Å². The van der Waals surface area contributed by atoms with Gasteiger partial charge in [0.05, 0.1) is 5.69 Å². The van der Waals surface area contributed by atoms with Crippen molar-refractivity contribution in [1.82, 2.24) is 15.3 Å². The molecular weight excluding hydrogens is 298 g/mol. The second kappa shape index (κ2) is 6.34. The fraction of sp³-hybridized carbons (Fsp3) is 0.150. The standard InChI is InChI=1S/C20H19N3O/c24-19-7-3-4-14-8-9-16(23-20(14)19)13-21-11-10-15-12-22-18-6-2-1-5-17(15)18/h1-9,12,21-22,24H,10-11,13H2. The molecule has 0 unspecified atom stereocenters. The number of phenols is 1. The van der Waals surface area contributed by atoms with Crippen molar-refractivity contribution in [1.29, 1.82) is 0 Å². The van der Waals surface area contributed by atoms with Crippen LogP contribution in [0.2, 0.25) is 0 Å². The van der Waals surface area contributed by atoms with E-state index in [9.17, 15) is 5.11 Å². The maximum Gasteiger partial charge on any atom is 0.141 e. The molecule has 3 N–H and O–H groups in total. The molecule has 2 aromatic heterocycles. The molecule has 24 heavy (non-hydrogen) atoms. The van der Waals surface area contributed by atoms with Crippen LogP contribution in [0.5, 0.6) is 5.75 Å². The molecule has 0 bridgehead atoms. The van der Waals surface area contributed by atoms with Crippen LogP contribution in [0.4, 0.5) is 0 Å². The van der Waals surface area contributed by atoms with E-state index in [1.165, 1.54) is 16.5 Å². The zero-order valence-electron chi connectivity index (χ0n) is 13.3. The molecule has 2 aromatic carbocycles. The highest BCUT2D eigenvalue weighted by molar-refractivity contribution is 5.84. The number of nitrogens with one attached hydrogen (secondary N) is 2. The number of hydrogen-bond donors (Lipinski definition) is 3. The van der Waals surface area contributed by atoms with E-state index in [0.29, 0.717) is 12.1 Å². The van der Waals surface area contributed by atoms with Crippen molar-refractivity contribution in [2.75, 3.05) is 6.54 Å². The van der Waals surface area contributed by atoms with Gasteiger partial charge in [-0.3, -0.25) is 0 Å². The largest absolute Gasteiger partial charge is 0.506 e. The fourth-order valence-electron chi connectivity index (χ4n) is 3.05. The third-order valence-corrected chi connectivity index (χ3v) is 4.31. The van der Waals surface area contributed by atoms with Crippen molar-refractivity contribution >= 4 is 21.8 Å². The number of pyridine rings is 1. The predicted molar refractivity (Wildman–Crippen MR) is 97.1 cm³/mol. The first-order valence-electron chi connectivity index (χ1n) is 8.14. The van der Waals surface area contributed by atoms with Gasteiger partial charge in [-0.2, -0.15) is 0 Å². The van der Waals surface area contributed by atoms with Crippen LogP contribution in [0.3, 0.4) is 0 Å². The lowest BCUT2D eigenvalue weighted by Gasteiger charge is -2.06. The minimum Gasteiger partial charge on any atom is -0.506 e. The Morgan fingerprint density at radius 1 is 1.00 bits per heavy atom. The first kappa shape index (κ1) is 14.7. The number of benzene rings is 2. The molecule has 0 saturated heterocycles. The zero-order valence-corrected chi connectivity index (χ0v) is 13.3. The molecule has 0 radical (unpaired) electrons. The number of para-hydroxylation sites is 2. The number of H-pyrrole nitrogens is 1. The number of aromatic nitrogens is 2. The van der Waals surface area contributed by atoms with Gasteiger partial charge in [-0.1, -0.05) is 36.4 Å². The van der Waals surface area contributed by atoms with Crippen molar-refractivity contribution in [3.8, 4) is 5.75 Å². The van der Waals surface area contributed by atoms with Crippen molar-refractivity contribution in [3.05, 3.63) is 72.1 Å². The van der Waals surface area contributed by atoms with E-state index in [-0.39, 0.29) is 5.75 Å². The van der Waals surface area contributed by atoms with E-state index in [4.69, 9.17) is 0 Å². The molecule has 4 aromatic rings. The van der Waals surface area contributed by atoms with Gasteiger partial charge >= 0.3 is 0 Å². The first-order chi connectivity index (χ1) is 11.8. The van der Waals surface area contributed by atoms with Crippen LogP contribution in [0.25, 0.3) is 21.8 Å². The molecular formula is C20H19N3O. The number of hydrogen-bond acceptors (Lipinski definition) is 3.